The summed E-state index contributed by atoms with van der Waals surface area (Å²) in [6.07, 6.45) is 3.60. The average molecular weight is 310 g/mol. The molecule has 1 N–H and O–H groups in total. The first-order chi connectivity index (χ1) is 10.1. The monoisotopic (exact) mass is 309 g/mol. The molecule has 1 aromatic carbocycles. The van der Waals surface area contributed by atoms with E-state index in [9.17, 15) is 10.1 Å². The van der Waals surface area contributed by atoms with Crippen LogP contribution in [0, 0.1) is 10.1 Å². The number of halogens is 1. The van der Waals surface area contributed by atoms with Crippen molar-refractivity contribution in [3.05, 3.63) is 51.6 Å². The van der Waals surface area contributed by atoms with Gasteiger partial charge in [0, 0.05) is 49.4 Å². The summed E-state index contributed by atoms with van der Waals surface area (Å²) in [6.45, 7) is 7.46. The maximum absolute atomic E-state index is 11.0. The van der Waals surface area contributed by atoms with Crippen molar-refractivity contribution in [2.45, 2.75) is 18.9 Å². The van der Waals surface area contributed by atoms with Crippen LogP contribution >= 0.6 is 11.6 Å². The zero-order chi connectivity index (χ0) is 15.2. The van der Waals surface area contributed by atoms with E-state index >= 15 is 0 Å². The Morgan fingerprint density at radius 3 is 2.81 bits per heavy atom. The first-order valence-electron chi connectivity index (χ1n) is 7.13. The SMILES string of the molecule is C=CCC[C@H](c1cc([N+](=O)[O-])ccc1Cl)N1CCNCC1. The molecule has 6 heteroatoms. The Morgan fingerprint density at radius 2 is 2.19 bits per heavy atom. The molecule has 2 rings (SSSR count). The van der Waals surface area contributed by atoms with Crippen LogP contribution in [-0.2, 0) is 0 Å². The number of hydrogen-bond acceptors (Lipinski definition) is 4. The molecule has 1 fully saturated rings. The van der Waals surface area contributed by atoms with Crippen molar-refractivity contribution in [1.29, 1.82) is 0 Å². The fraction of sp³-hybridized carbons (Fsp3) is 0.467. The van der Waals surface area contributed by atoms with Crippen LogP contribution in [0.1, 0.15) is 24.4 Å². The smallest absolute Gasteiger partial charge is 0.269 e. The largest absolute Gasteiger partial charge is 0.314 e. The van der Waals surface area contributed by atoms with E-state index < -0.39 is 0 Å². The molecule has 5 nitrogen and oxygen atoms in total. The van der Waals surface area contributed by atoms with E-state index in [4.69, 9.17) is 11.6 Å². The number of benzene rings is 1. The molecule has 1 saturated heterocycles. The van der Waals surface area contributed by atoms with E-state index in [0.717, 1.165) is 44.6 Å². The van der Waals surface area contributed by atoms with Crippen LogP contribution in [0.25, 0.3) is 0 Å². The van der Waals surface area contributed by atoms with Gasteiger partial charge in [0.1, 0.15) is 0 Å². The number of nitrogens with one attached hydrogen (secondary N) is 1. The zero-order valence-corrected chi connectivity index (χ0v) is 12.7. The Balaban J connectivity index is 2.32. The molecule has 0 saturated carbocycles. The second-order valence-electron chi connectivity index (χ2n) is 5.13. The minimum absolute atomic E-state index is 0.0909. The molecular formula is C15H20ClN3O2. The van der Waals surface area contributed by atoms with Gasteiger partial charge in [-0.05, 0) is 24.5 Å². The van der Waals surface area contributed by atoms with Crippen molar-refractivity contribution >= 4 is 17.3 Å². The molecule has 0 unspecified atom stereocenters. The van der Waals surface area contributed by atoms with Gasteiger partial charge in [0.25, 0.3) is 5.69 Å². The van der Waals surface area contributed by atoms with Gasteiger partial charge < -0.3 is 5.32 Å². The van der Waals surface area contributed by atoms with E-state index in [1.54, 1.807) is 12.1 Å². The normalized spacial score (nSPS) is 17.4. The Labute approximate surface area is 129 Å². The van der Waals surface area contributed by atoms with Crippen LogP contribution in [0.2, 0.25) is 5.02 Å². The van der Waals surface area contributed by atoms with Gasteiger partial charge in [-0.25, -0.2) is 0 Å². The van der Waals surface area contributed by atoms with Crippen molar-refractivity contribution in [2.75, 3.05) is 26.2 Å². The van der Waals surface area contributed by atoms with Crippen LogP contribution < -0.4 is 5.32 Å². The molecule has 1 aliphatic rings. The van der Waals surface area contributed by atoms with E-state index in [1.165, 1.54) is 6.07 Å². The summed E-state index contributed by atoms with van der Waals surface area (Å²) in [7, 11) is 0. The lowest BCUT2D eigenvalue weighted by atomic mass is 9.98. The molecular weight excluding hydrogens is 290 g/mol. The number of nitro groups is 1. The topological polar surface area (TPSA) is 58.4 Å². The molecule has 0 aliphatic carbocycles. The fourth-order valence-electron chi connectivity index (χ4n) is 2.70. The molecule has 0 bridgehead atoms. The van der Waals surface area contributed by atoms with Crippen molar-refractivity contribution in [2.24, 2.45) is 0 Å². The maximum atomic E-state index is 11.0. The predicted molar refractivity (Wildman–Crippen MR) is 84.7 cm³/mol. The zero-order valence-electron chi connectivity index (χ0n) is 11.9. The second-order valence-corrected chi connectivity index (χ2v) is 5.54. The molecule has 0 spiro atoms. The van der Waals surface area contributed by atoms with E-state index in [2.05, 4.69) is 16.8 Å². The van der Waals surface area contributed by atoms with Gasteiger partial charge in [0.05, 0.1) is 4.92 Å². The van der Waals surface area contributed by atoms with E-state index in [1.807, 2.05) is 6.08 Å². The summed E-state index contributed by atoms with van der Waals surface area (Å²) in [4.78, 5) is 13.0. The summed E-state index contributed by atoms with van der Waals surface area (Å²) >= 11 is 6.30. The highest BCUT2D eigenvalue weighted by Crippen LogP contribution is 2.34. The third-order valence-electron chi connectivity index (χ3n) is 3.79. The number of nitrogens with zero attached hydrogens (tertiary/aromatic N) is 2. The number of allylic oxidation sites excluding steroid dienone is 1. The van der Waals surface area contributed by atoms with Gasteiger partial charge in [0.15, 0.2) is 0 Å². The number of non-ortho nitro benzene ring substituents is 1. The lowest BCUT2D eigenvalue weighted by molar-refractivity contribution is -0.385. The predicted octanol–water partition coefficient (Wildman–Crippen LogP) is 3.16. The average Bonchev–Trinajstić information content (AvgIpc) is 2.50. The summed E-state index contributed by atoms with van der Waals surface area (Å²) in [5.41, 5.74) is 0.933. The van der Waals surface area contributed by atoms with Crippen LogP contribution in [0.4, 0.5) is 5.69 Å². The van der Waals surface area contributed by atoms with Gasteiger partial charge in [-0.2, -0.15) is 0 Å². The summed E-state index contributed by atoms with van der Waals surface area (Å²) < 4.78 is 0. The number of piperazine rings is 1. The van der Waals surface area contributed by atoms with Crippen LogP contribution in [0.5, 0.6) is 0 Å². The Hall–Kier alpha value is -1.43. The van der Waals surface area contributed by atoms with Crippen LogP contribution in [-0.4, -0.2) is 36.0 Å². The summed E-state index contributed by atoms with van der Waals surface area (Å²) in [6, 6.07) is 4.78. The Kier molecular flexibility index (Phi) is 5.73. The standard InChI is InChI=1S/C15H20ClN3O2/c1-2-3-4-15(18-9-7-17-8-10-18)13-11-12(19(20)21)5-6-14(13)16/h2,5-6,11,15,17H,1,3-4,7-10H2/t15-/m1/s1. The van der Waals surface area contributed by atoms with E-state index in [0.29, 0.717) is 5.02 Å². The quantitative estimate of drug-likeness (QED) is 0.498. The molecule has 0 amide bonds. The van der Waals surface area contributed by atoms with Crippen molar-refractivity contribution < 1.29 is 4.92 Å². The highest BCUT2D eigenvalue weighted by molar-refractivity contribution is 6.31. The third-order valence-corrected chi connectivity index (χ3v) is 4.13. The van der Waals surface area contributed by atoms with Crippen molar-refractivity contribution in [3.8, 4) is 0 Å². The molecule has 114 valence electrons. The third kappa shape index (κ3) is 4.03. The molecule has 1 heterocycles. The van der Waals surface area contributed by atoms with Crippen LogP contribution in [0.3, 0.4) is 0 Å². The maximum Gasteiger partial charge on any atom is 0.269 e. The first-order valence-corrected chi connectivity index (χ1v) is 7.50. The highest BCUT2D eigenvalue weighted by atomic mass is 35.5. The molecule has 21 heavy (non-hydrogen) atoms. The van der Waals surface area contributed by atoms with Crippen LogP contribution in [0.15, 0.2) is 30.9 Å². The van der Waals surface area contributed by atoms with E-state index in [-0.39, 0.29) is 16.7 Å². The minimum Gasteiger partial charge on any atom is -0.314 e. The molecule has 0 aromatic heterocycles. The van der Waals surface area contributed by atoms with Gasteiger partial charge >= 0.3 is 0 Å². The van der Waals surface area contributed by atoms with Gasteiger partial charge in [-0.3, -0.25) is 15.0 Å². The molecule has 1 aromatic rings. The Bertz CT molecular complexity index is 516. The summed E-state index contributed by atoms with van der Waals surface area (Å²) in [5.74, 6) is 0. The lowest BCUT2D eigenvalue weighted by Gasteiger charge is -2.35. The highest BCUT2D eigenvalue weighted by Gasteiger charge is 2.25. The molecule has 0 radical (unpaired) electrons. The molecule has 1 atom stereocenters. The fourth-order valence-corrected chi connectivity index (χ4v) is 2.95. The molecule has 1 aliphatic heterocycles. The van der Waals surface area contributed by atoms with Gasteiger partial charge in [-0.1, -0.05) is 17.7 Å². The number of nitro benzene ring substituents is 1. The number of rotatable bonds is 6. The number of hydrogen-bond donors (Lipinski definition) is 1. The van der Waals surface area contributed by atoms with Crippen molar-refractivity contribution in [3.63, 3.8) is 0 Å². The van der Waals surface area contributed by atoms with Crippen molar-refractivity contribution in [1.82, 2.24) is 10.2 Å². The first kappa shape index (κ1) is 15.9. The minimum atomic E-state index is -0.373. The second kappa shape index (κ2) is 7.54. The van der Waals surface area contributed by atoms with Gasteiger partial charge in [0.2, 0.25) is 0 Å². The van der Waals surface area contributed by atoms with Gasteiger partial charge in [-0.15, -0.1) is 6.58 Å². The lowest BCUT2D eigenvalue weighted by Crippen LogP contribution is -2.45. The summed E-state index contributed by atoms with van der Waals surface area (Å²) in [5, 5.41) is 14.9. The Morgan fingerprint density at radius 1 is 1.48 bits per heavy atom.